The Bertz CT molecular complexity index is 579. The maximum atomic E-state index is 10.7. The molecule has 0 spiro atoms. The molecule has 23 heavy (non-hydrogen) atoms. The van der Waals surface area contributed by atoms with Gasteiger partial charge in [-0.2, -0.15) is 0 Å². The van der Waals surface area contributed by atoms with Crippen LogP contribution in [-0.4, -0.2) is 38.7 Å². The van der Waals surface area contributed by atoms with Crippen molar-refractivity contribution in [3.63, 3.8) is 0 Å². The second-order valence-corrected chi connectivity index (χ2v) is 4.87. The van der Waals surface area contributed by atoms with E-state index in [9.17, 15) is 10.2 Å². The summed E-state index contributed by atoms with van der Waals surface area (Å²) in [6, 6.07) is 9.38. The highest BCUT2D eigenvalue weighted by Crippen LogP contribution is 2.36. The van der Waals surface area contributed by atoms with Crippen LogP contribution in [0.15, 0.2) is 36.4 Å². The Labute approximate surface area is 134 Å². The predicted molar refractivity (Wildman–Crippen MR) is 84.3 cm³/mol. The summed E-state index contributed by atoms with van der Waals surface area (Å²) in [5.41, 5.74) is 0.396. The first-order valence-electron chi connectivity index (χ1n) is 6.86. The van der Waals surface area contributed by atoms with Gasteiger partial charge in [-0.05, 0) is 24.3 Å². The molecule has 0 aliphatic rings. The molecule has 0 aliphatic heterocycles. The highest BCUT2D eigenvalue weighted by Gasteiger charge is 2.31. The van der Waals surface area contributed by atoms with Gasteiger partial charge in [0, 0.05) is 23.3 Å². The van der Waals surface area contributed by atoms with Crippen molar-refractivity contribution in [1.29, 1.82) is 0 Å². The van der Waals surface area contributed by atoms with Crippen LogP contribution in [0.25, 0.3) is 0 Å². The van der Waals surface area contributed by atoms with Gasteiger partial charge in [-0.25, -0.2) is 0 Å². The smallest absolute Gasteiger partial charge is 0.217 e. The minimum atomic E-state index is -2.27. The minimum Gasteiger partial charge on any atom is -0.497 e. The summed E-state index contributed by atoms with van der Waals surface area (Å²) in [7, 11) is 5.96. The molecule has 6 nitrogen and oxygen atoms in total. The van der Waals surface area contributed by atoms with Crippen molar-refractivity contribution in [2.45, 2.75) is 5.79 Å². The number of aliphatic hydroxyl groups is 2. The number of ether oxygens (including phenoxy) is 4. The van der Waals surface area contributed by atoms with Gasteiger partial charge in [0.2, 0.25) is 5.79 Å². The van der Waals surface area contributed by atoms with E-state index in [0.717, 1.165) is 0 Å². The Morgan fingerprint density at radius 2 is 0.826 bits per heavy atom. The molecule has 0 unspecified atom stereocenters. The average molecular weight is 320 g/mol. The lowest BCUT2D eigenvalue weighted by atomic mass is 9.96. The second kappa shape index (κ2) is 6.76. The van der Waals surface area contributed by atoms with Crippen molar-refractivity contribution in [1.82, 2.24) is 0 Å². The summed E-state index contributed by atoms with van der Waals surface area (Å²) < 4.78 is 20.7. The van der Waals surface area contributed by atoms with Crippen molar-refractivity contribution in [3.8, 4) is 23.0 Å². The van der Waals surface area contributed by atoms with Crippen molar-refractivity contribution >= 4 is 0 Å². The first kappa shape index (κ1) is 16.9. The largest absolute Gasteiger partial charge is 0.497 e. The minimum absolute atomic E-state index is 0.198. The Morgan fingerprint density at radius 1 is 0.565 bits per heavy atom. The molecular formula is C17H20O6. The highest BCUT2D eigenvalue weighted by atomic mass is 16.5. The maximum Gasteiger partial charge on any atom is 0.217 e. The fourth-order valence-corrected chi connectivity index (χ4v) is 2.18. The second-order valence-electron chi connectivity index (χ2n) is 4.87. The van der Waals surface area contributed by atoms with Crippen molar-refractivity contribution < 1.29 is 29.2 Å². The lowest BCUT2D eigenvalue weighted by molar-refractivity contribution is -0.132. The molecule has 2 aromatic carbocycles. The van der Waals surface area contributed by atoms with E-state index in [1.807, 2.05) is 0 Å². The molecule has 0 atom stereocenters. The molecule has 0 aliphatic carbocycles. The number of hydrogen-bond acceptors (Lipinski definition) is 6. The van der Waals surface area contributed by atoms with E-state index >= 15 is 0 Å². The van der Waals surface area contributed by atoms with E-state index in [4.69, 9.17) is 18.9 Å². The highest BCUT2D eigenvalue weighted by molar-refractivity contribution is 5.47. The monoisotopic (exact) mass is 320 g/mol. The Balaban J connectivity index is 2.57. The van der Waals surface area contributed by atoms with Crippen LogP contribution in [0.2, 0.25) is 0 Å². The van der Waals surface area contributed by atoms with E-state index in [1.54, 1.807) is 12.1 Å². The van der Waals surface area contributed by atoms with Crippen molar-refractivity contribution in [3.05, 3.63) is 47.5 Å². The summed E-state index contributed by atoms with van der Waals surface area (Å²) >= 11 is 0. The fourth-order valence-electron chi connectivity index (χ4n) is 2.18. The maximum absolute atomic E-state index is 10.7. The molecule has 0 fully saturated rings. The van der Waals surface area contributed by atoms with Crippen LogP contribution in [0.4, 0.5) is 0 Å². The van der Waals surface area contributed by atoms with Crippen LogP contribution >= 0.6 is 0 Å². The summed E-state index contributed by atoms with van der Waals surface area (Å²) in [5, 5.41) is 21.3. The normalized spacial score (nSPS) is 11.0. The zero-order valence-corrected chi connectivity index (χ0v) is 13.5. The number of benzene rings is 2. The third-order valence-electron chi connectivity index (χ3n) is 3.51. The van der Waals surface area contributed by atoms with Gasteiger partial charge in [0.25, 0.3) is 0 Å². The Hall–Kier alpha value is -2.44. The van der Waals surface area contributed by atoms with Gasteiger partial charge in [0.05, 0.1) is 28.4 Å². The standard InChI is InChI=1S/C17H20O6/c1-20-13-5-11(6-14(9-13)21-2)17(18,19)12-7-15(22-3)10-16(8-12)23-4/h5-10,18-19H,1-4H3. The average Bonchev–Trinajstić information content (AvgIpc) is 2.60. The lowest BCUT2D eigenvalue weighted by Crippen LogP contribution is -2.26. The van der Waals surface area contributed by atoms with Gasteiger partial charge in [-0.1, -0.05) is 0 Å². The molecule has 2 aromatic rings. The van der Waals surface area contributed by atoms with Crippen LogP contribution < -0.4 is 18.9 Å². The van der Waals surface area contributed by atoms with Gasteiger partial charge in [-0.3, -0.25) is 0 Å². The number of rotatable bonds is 6. The molecule has 0 saturated heterocycles. The topological polar surface area (TPSA) is 77.4 Å². The van der Waals surface area contributed by atoms with E-state index in [1.165, 1.54) is 52.7 Å². The summed E-state index contributed by atoms with van der Waals surface area (Å²) in [6.45, 7) is 0. The van der Waals surface area contributed by atoms with Crippen LogP contribution in [0, 0.1) is 0 Å². The molecule has 0 heterocycles. The zero-order chi connectivity index (χ0) is 17.0. The van der Waals surface area contributed by atoms with E-state index in [0.29, 0.717) is 23.0 Å². The summed E-state index contributed by atoms with van der Waals surface area (Å²) in [5.74, 6) is -0.490. The third kappa shape index (κ3) is 3.49. The third-order valence-corrected chi connectivity index (χ3v) is 3.51. The zero-order valence-electron chi connectivity index (χ0n) is 13.5. The van der Waals surface area contributed by atoms with Gasteiger partial charge in [0.1, 0.15) is 23.0 Å². The number of hydrogen-bond donors (Lipinski definition) is 2. The molecule has 0 saturated carbocycles. The van der Waals surface area contributed by atoms with E-state index in [-0.39, 0.29) is 11.1 Å². The first-order valence-corrected chi connectivity index (χ1v) is 6.86. The summed E-state index contributed by atoms with van der Waals surface area (Å²) in [4.78, 5) is 0. The molecule has 124 valence electrons. The molecule has 0 amide bonds. The van der Waals surface area contributed by atoms with Gasteiger partial charge < -0.3 is 29.2 Å². The quantitative estimate of drug-likeness (QED) is 0.792. The predicted octanol–water partition coefficient (Wildman–Crippen LogP) is 1.91. The van der Waals surface area contributed by atoms with Crippen LogP contribution in [0.3, 0.4) is 0 Å². The van der Waals surface area contributed by atoms with E-state index in [2.05, 4.69) is 0 Å². The molecule has 0 radical (unpaired) electrons. The summed E-state index contributed by atoms with van der Waals surface area (Å²) in [6.07, 6.45) is 0. The SMILES string of the molecule is COc1cc(OC)cc(C(O)(O)c2cc(OC)cc(OC)c2)c1. The van der Waals surface area contributed by atoms with Gasteiger partial charge in [0.15, 0.2) is 0 Å². The molecule has 0 aromatic heterocycles. The van der Waals surface area contributed by atoms with E-state index < -0.39 is 5.79 Å². The molecular weight excluding hydrogens is 300 g/mol. The number of methoxy groups -OCH3 is 4. The van der Waals surface area contributed by atoms with Crippen molar-refractivity contribution in [2.24, 2.45) is 0 Å². The molecule has 0 bridgehead atoms. The van der Waals surface area contributed by atoms with Crippen molar-refractivity contribution in [2.75, 3.05) is 28.4 Å². The van der Waals surface area contributed by atoms with Gasteiger partial charge >= 0.3 is 0 Å². The first-order chi connectivity index (χ1) is 10.9. The molecule has 2 rings (SSSR count). The fraction of sp³-hybridized carbons (Fsp3) is 0.294. The molecule has 2 N–H and O–H groups in total. The van der Waals surface area contributed by atoms with Crippen LogP contribution in [-0.2, 0) is 5.79 Å². The lowest BCUT2D eigenvalue weighted by Gasteiger charge is -2.24. The van der Waals surface area contributed by atoms with Crippen LogP contribution in [0.5, 0.6) is 23.0 Å². The molecule has 6 heteroatoms. The Kier molecular flexibility index (Phi) is 4.98. The van der Waals surface area contributed by atoms with Gasteiger partial charge in [-0.15, -0.1) is 0 Å². The van der Waals surface area contributed by atoms with Crippen LogP contribution in [0.1, 0.15) is 11.1 Å². The Morgan fingerprint density at radius 3 is 1.04 bits per heavy atom.